The van der Waals surface area contributed by atoms with Gasteiger partial charge in [-0.2, -0.15) is 11.8 Å². The van der Waals surface area contributed by atoms with Crippen LogP contribution in [-0.4, -0.2) is 208 Å². The van der Waals surface area contributed by atoms with Crippen molar-refractivity contribution in [3.8, 4) is 0 Å². The van der Waals surface area contributed by atoms with Gasteiger partial charge >= 0.3 is 0 Å². The fraction of sp³-hybridized carbons (Fsp3) is 0.981. The summed E-state index contributed by atoms with van der Waals surface area (Å²) < 4.78 is 11.2. The fourth-order valence-electron chi connectivity index (χ4n) is 6.99. The van der Waals surface area contributed by atoms with Crippen LogP contribution in [0.25, 0.3) is 0 Å². The third-order valence-corrected chi connectivity index (χ3v) is 15.2. The summed E-state index contributed by atoms with van der Waals surface area (Å²) in [4.78, 5) is 27.1. The third-order valence-electron chi connectivity index (χ3n) is 9.80. The molecule has 0 saturated heterocycles. The van der Waals surface area contributed by atoms with Gasteiger partial charge in [0.1, 0.15) is 0 Å². The second kappa shape index (κ2) is 45.1. The molecule has 0 aromatic heterocycles. The lowest BCUT2D eigenvalue weighted by molar-refractivity contribution is -0.186. The molecular weight excluding hydrogens is 879 g/mol. The molecule has 0 fully saturated rings. The topological polar surface area (TPSA) is 58.2 Å². The summed E-state index contributed by atoms with van der Waals surface area (Å²) in [5.74, 6) is 5.97. The molecule has 0 aromatic carbocycles. The molecule has 0 spiro atoms. The van der Waals surface area contributed by atoms with Gasteiger partial charge in [0.05, 0.1) is 18.9 Å². The maximum atomic E-state index is 11.8. The van der Waals surface area contributed by atoms with Crippen molar-refractivity contribution in [3.63, 3.8) is 0 Å². The first kappa shape index (κ1) is 75.1. The Morgan fingerprint density at radius 1 is 0.455 bits per heavy atom. The summed E-state index contributed by atoms with van der Waals surface area (Å²) in [5.41, 5.74) is 0. The Balaban J connectivity index is -0.000000236. The van der Waals surface area contributed by atoms with Crippen LogP contribution in [0.2, 0.25) is 0 Å². The van der Waals surface area contributed by atoms with Crippen molar-refractivity contribution in [2.24, 2.45) is 23.7 Å². The summed E-state index contributed by atoms with van der Waals surface area (Å²) in [6.45, 7) is 49.0. The van der Waals surface area contributed by atoms with Crippen LogP contribution in [0.4, 0.5) is 0 Å². The second-order valence-electron chi connectivity index (χ2n) is 22.2. The summed E-state index contributed by atoms with van der Waals surface area (Å²) in [5, 5.41) is 1.62. The Morgan fingerprint density at radius 2 is 0.848 bits per heavy atom. The van der Waals surface area contributed by atoms with E-state index in [1.807, 2.05) is 76.5 Å². The molecule has 0 aromatic rings. The molecule has 0 heterocycles. The predicted molar refractivity (Wildman–Crippen MR) is 307 cm³/mol. The zero-order valence-electron chi connectivity index (χ0n) is 49.9. The molecular formula is C53H121N7O3S3. The van der Waals surface area contributed by atoms with E-state index < -0.39 is 0 Å². The number of rotatable bonds is 29. The van der Waals surface area contributed by atoms with E-state index in [2.05, 4.69) is 200 Å². The first-order valence-electron chi connectivity index (χ1n) is 25.6. The van der Waals surface area contributed by atoms with Crippen molar-refractivity contribution < 1.29 is 14.3 Å². The minimum Gasteiger partial charge on any atom is -0.349 e. The Bertz CT molecular complexity index is 956. The van der Waals surface area contributed by atoms with Crippen LogP contribution >= 0.6 is 33.3 Å². The number of hydrogen-bond acceptors (Lipinski definition) is 12. The average Bonchev–Trinajstić information content (AvgIpc) is 3.11. The van der Waals surface area contributed by atoms with Crippen LogP contribution in [-0.2, 0) is 14.3 Å². The minimum atomic E-state index is -0.116. The average molecular weight is 1000 g/mol. The molecule has 66 heavy (non-hydrogen) atoms. The first-order chi connectivity index (χ1) is 30.1. The quantitative estimate of drug-likeness (QED) is 0.0407. The predicted octanol–water partition coefficient (Wildman–Crippen LogP) is 11.9. The van der Waals surface area contributed by atoms with Crippen molar-refractivity contribution in [1.29, 1.82) is 0 Å². The molecule has 0 aliphatic rings. The lowest BCUT2D eigenvalue weighted by atomic mass is 10.0. The molecule has 0 aliphatic carbocycles. The highest BCUT2D eigenvalue weighted by atomic mass is 33.1. The van der Waals surface area contributed by atoms with Gasteiger partial charge in [-0.05, 0) is 196 Å². The van der Waals surface area contributed by atoms with Crippen LogP contribution in [0.3, 0.4) is 0 Å². The standard InChI is InChI=1S/C12H27NS.C11H24N2O.C11H25NS2.C10H23NO2.C9H22N2/c1-10(2)12(11(3)4)14-9-7-8-13(5)6;1-9(2)13(10(3)4)11(14)7-8-12(5)6;1-9(2)11(10(3)4)14-13-8-7-12(5)6;1-8(2)12-10(7-11(5)6)13-9(3)4;1-8(2)11(9(3)4)7-10(5)6/h10-12H,7-9H2,1-6H3;9-10H,7-8H2,1-6H3;9-11H,7-8H2,1-6H3;8-10H,7H2,1-6H3;8-9H,7H2,1-6H3. The molecule has 0 rings (SSSR count). The van der Waals surface area contributed by atoms with E-state index in [-0.39, 0.29) is 24.4 Å². The summed E-state index contributed by atoms with van der Waals surface area (Å²) in [7, 11) is 24.9. The highest BCUT2D eigenvalue weighted by molar-refractivity contribution is 8.76. The van der Waals surface area contributed by atoms with Crippen molar-refractivity contribution >= 4 is 39.3 Å². The van der Waals surface area contributed by atoms with Crippen molar-refractivity contribution in [3.05, 3.63) is 0 Å². The van der Waals surface area contributed by atoms with Crippen molar-refractivity contribution in [2.45, 2.75) is 204 Å². The molecule has 1 amide bonds. The molecule has 13 heteroatoms. The van der Waals surface area contributed by atoms with Crippen LogP contribution < -0.4 is 0 Å². The molecule has 0 saturated carbocycles. The van der Waals surface area contributed by atoms with Gasteiger partial charge in [0.2, 0.25) is 5.91 Å². The van der Waals surface area contributed by atoms with Gasteiger partial charge in [0.25, 0.3) is 0 Å². The van der Waals surface area contributed by atoms with Crippen molar-refractivity contribution in [2.75, 3.05) is 115 Å². The first-order valence-corrected chi connectivity index (χ1v) is 29.1. The van der Waals surface area contributed by atoms with Crippen molar-refractivity contribution in [1.82, 2.24) is 34.3 Å². The Morgan fingerprint density at radius 3 is 1.12 bits per heavy atom. The number of ether oxygens (including phenoxy) is 2. The van der Waals surface area contributed by atoms with Gasteiger partial charge in [0.15, 0.2) is 6.29 Å². The Kier molecular flexibility index (Phi) is 51.3. The van der Waals surface area contributed by atoms with E-state index in [1.165, 1.54) is 31.0 Å². The Hall–Kier alpha value is 0.200. The minimum absolute atomic E-state index is 0.116. The fourth-order valence-corrected chi connectivity index (χ4v) is 11.8. The van der Waals surface area contributed by atoms with Crippen LogP contribution in [0.15, 0.2) is 0 Å². The number of amides is 1. The van der Waals surface area contributed by atoms with E-state index in [4.69, 9.17) is 9.47 Å². The van der Waals surface area contributed by atoms with Gasteiger partial charge in [0, 0.05) is 66.5 Å². The van der Waals surface area contributed by atoms with Crippen LogP contribution in [0.5, 0.6) is 0 Å². The molecule has 0 aliphatic heterocycles. The van der Waals surface area contributed by atoms with Gasteiger partial charge in [-0.3, -0.25) is 14.6 Å². The van der Waals surface area contributed by atoms with E-state index in [1.54, 1.807) is 0 Å². The summed E-state index contributed by atoms with van der Waals surface area (Å²) in [6, 6.07) is 1.86. The molecule has 0 bridgehead atoms. The Labute approximate surface area is 428 Å². The highest BCUT2D eigenvalue weighted by Gasteiger charge is 2.21. The van der Waals surface area contributed by atoms with Gasteiger partial charge in [-0.1, -0.05) is 77.0 Å². The number of carbonyl (C=O) groups excluding carboxylic acids is 1. The zero-order chi connectivity index (χ0) is 53.0. The molecule has 0 radical (unpaired) electrons. The molecule has 404 valence electrons. The summed E-state index contributed by atoms with van der Waals surface area (Å²) in [6.07, 6.45) is 2.24. The number of thioether (sulfide) groups is 1. The smallest absolute Gasteiger partial charge is 0.224 e. The largest absolute Gasteiger partial charge is 0.349 e. The number of carbonyl (C=O) groups is 1. The molecule has 0 atom stereocenters. The van der Waals surface area contributed by atoms with E-state index in [0.29, 0.717) is 30.6 Å². The second-order valence-corrected chi connectivity index (χ2v) is 26.1. The zero-order valence-corrected chi connectivity index (χ0v) is 52.4. The number of nitrogens with zero attached hydrogens (tertiary/aromatic N) is 7. The van der Waals surface area contributed by atoms with E-state index >= 15 is 0 Å². The van der Waals surface area contributed by atoms with E-state index in [0.717, 1.165) is 53.9 Å². The maximum Gasteiger partial charge on any atom is 0.224 e. The number of hydrogen-bond donors (Lipinski definition) is 0. The lowest BCUT2D eigenvalue weighted by Gasteiger charge is -2.32. The monoisotopic (exact) mass is 1000 g/mol. The van der Waals surface area contributed by atoms with Gasteiger partial charge in [-0.15, -0.1) is 0 Å². The molecule has 10 nitrogen and oxygen atoms in total. The molecule has 0 N–H and O–H groups in total. The maximum absolute atomic E-state index is 11.8. The number of likely N-dealkylation sites (N-methyl/N-ethyl adjacent to an activating group) is 1. The summed E-state index contributed by atoms with van der Waals surface area (Å²) >= 11 is 2.15. The van der Waals surface area contributed by atoms with Gasteiger partial charge in [-0.25, -0.2) is 0 Å². The molecule has 0 unspecified atom stereocenters. The third kappa shape index (κ3) is 50.6. The lowest BCUT2D eigenvalue weighted by Crippen LogP contribution is -2.42. The highest BCUT2D eigenvalue weighted by Crippen LogP contribution is 2.35. The SMILES string of the molecule is CC(C)C(SCCCN(C)C)C(C)C.CC(C)C(SSCCN(C)C)C(C)C.CC(C)N(C(=O)CCN(C)C)C(C)C.CC(C)N(CN(C)C)C(C)C.CC(C)OC(CN(C)C)OC(C)C. The van der Waals surface area contributed by atoms with Crippen LogP contribution in [0, 0.1) is 23.7 Å². The van der Waals surface area contributed by atoms with Gasteiger partial charge < -0.3 is 34.0 Å². The normalized spacial score (nSPS) is 12.3. The van der Waals surface area contributed by atoms with E-state index in [9.17, 15) is 4.79 Å². The van der Waals surface area contributed by atoms with Crippen LogP contribution in [0.1, 0.15) is 151 Å².